The Hall–Kier alpha value is -1.16. The fraction of sp³-hybridized carbons (Fsp3) is 0.500. The van der Waals surface area contributed by atoms with Crippen molar-refractivity contribution in [2.45, 2.75) is 12.8 Å². The summed E-state index contributed by atoms with van der Waals surface area (Å²) in [6.45, 7) is 0.559. The number of carbonyl (C=O) groups excluding carboxylic acids is 1. The normalized spacial score (nSPS) is 10.2. The van der Waals surface area contributed by atoms with E-state index in [1.807, 2.05) is 0 Å². The maximum absolute atomic E-state index is 11.4. The van der Waals surface area contributed by atoms with Gasteiger partial charge in [0.05, 0.1) is 0 Å². The first-order chi connectivity index (χ1) is 5.75. The Labute approximate surface area is 71.4 Å². The Balaban J connectivity index is 2.59. The zero-order valence-electron chi connectivity index (χ0n) is 7.16. The molecule has 4 nitrogen and oxygen atoms in total. The molecule has 0 amide bonds. The number of carbonyl (C=O) groups is 1. The minimum Gasteiger partial charge on any atom is -0.330 e. The van der Waals surface area contributed by atoms with Crippen LogP contribution in [0.2, 0.25) is 0 Å². The third-order valence-electron chi connectivity index (χ3n) is 1.71. The molecule has 0 atom stereocenters. The molecule has 0 saturated carbocycles. The van der Waals surface area contributed by atoms with Gasteiger partial charge in [0.2, 0.25) is 0 Å². The fourth-order valence-electron chi connectivity index (χ4n) is 1.04. The first-order valence-electron chi connectivity index (χ1n) is 3.97. The molecule has 4 heteroatoms. The average molecular weight is 167 g/mol. The van der Waals surface area contributed by atoms with E-state index in [4.69, 9.17) is 5.73 Å². The van der Waals surface area contributed by atoms with Gasteiger partial charge in [-0.1, -0.05) is 0 Å². The molecule has 1 heterocycles. The Bertz CT molecular complexity index is 267. The molecule has 1 aromatic rings. The number of hydrogen-bond acceptors (Lipinski definition) is 3. The molecule has 0 aliphatic rings. The van der Waals surface area contributed by atoms with Crippen molar-refractivity contribution in [3.05, 3.63) is 18.0 Å². The molecule has 0 fully saturated rings. The van der Waals surface area contributed by atoms with E-state index in [1.54, 1.807) is 24.0 Å². The number of hydrogen-bond donors (Lipinski definition) is 1. The van der Waals surface area contributed by atoms with E-state index in [2.05, 4.69) is 5.10 Å². The van der Waals surface area contributed by atoms with E-state index in [0.717, 1.165) is 6.42 Å². The van der Waals surface area contributed by atoms with Crippen LogP contribution < -0.4 is 5.73 Å². The minimum absolute atomic E-state index is 0.112. The molecule has 0 aliphatic carbocycles. The van der Waals surface area contributed by atoms with Crippen LogP contribution in [0.15, 0.2) is 12.3 Å². The van der Waals surface area contributed by atoms with E-state index in [1.165, 1.54) is 0 Å². The van der Waals surface area contributed by atoms with E-state index < -0.39 is 0 Å². The summed E-state index contributed by atoms with van der Waals surface area (Å²) in [5.74, 6) is 0.112. The van der Waals surface area contributed by atoms with Crippen LogP contribution in [0.3, 0.4) is 0 Å². The summed E-state index contributed by atoms with van der Waals surface area (Å²) in [6.07, 6.45) is 2.87. The van der Waals surface area contributed by atoms with Crippen molar-refractivity contribution < 1.29 is 4.79 Å². The molecular formula is C8H13N3O. The number of aromatic nitrogens is 2. The molecule has 0 saturated heterocycles. The zero-order valence-corrected chi connectivity index (χ0v) is 7.16. The van der Waals surface area contributed by atoms with Crippen LogP contribution in [0.5, 0.6) is 0 Å². The molecule has 1 aromatic heterocycles. The van der Waals surface area contributed by atoms with Gasteiger partial charge < -0.3 is 5.73 Å². The van der Waals surface area contributed by atoms with Gasteiger partial charge in [-0.05, 0) is 19.0 Å². The van der Waals surface area contributed by atoms with Crippen LogP contribution in [0, 0.1) is 0 Å². The Kier molecular flexibility index (Phi) is 2.99. The summed E-state index contributed by atoms with van der Waals surface area (Å²) in [4.78, 5) is 11.4. The summed E-state index contributed by atoms with van der Waals surface area (Å²) < 4.78 is 1.58. The summed E-state index contributed by atoms with van der Waals surface area (Å²) in [7, 11) is 1.76. The van der Waals surface area contributed by atoms with Gasteiger partial charge in [0.15, 0.2) is 5.78 Å². The summed E-state index contributed by atoms with van der Waals surface area (Å²) in [5, 5.41) is 3.91. The molecule has 0 spiro atoms. The van der Waals surface area contributed by atoms with Crippen molar-refractivity contribution >= 4 is 5.78 Å². The second-order valence-corrected chi connectivity index (χ2v) is 2.66. The maximum Gasteiger partial charge on any atom is 0.180 e. The second kappa shape index (κ2) is 4.01. The van der Waals surface area contributed by atoms with Crippen LogP contribution >= 0.6 is 0 Å². The van der Waals surface area contributed by atoms with Crippen LogP contribution in [0.1, 0.15) is 23.3 Å². The molecule has 2 N–H and O–H groups in total. The molecule has 0 unspecified atom stereocenters. The molecule has 0 aliphatic heterocycles. The quantitative estimate of drug-likeness (QED) is 0.658. The number of rotatable bonds is 4. The van der Waals surface area contributed by atoms with Gasteiger partial charge in [-0.2, -0.15) is 5.10 Å². The molecule has 0 radical (unpaired) electrons. The maximum atomic E-state index is 11.4. The van der Waals surface area contributed by atoms with Crippen LogP contribution in [0.25, 0.3) is 0 Å². The molecule has 12 heavy (non-hydrogen) atoms. The lowest BCUT2D eigenvalue weighted by Crippen LogP contribution is -2.09. The zero-order chi connectivity index (χ0) is 8.97. The average Bonchev–Trinajstić information content (AvgIpc) is 2.47. The Morgan fingerprint density at radius 1 is 1.75 bits per heavy atom. The van der Waals surface area contributed by atoms with Crippen LogP contribution in [-0.4, -0.2) is 22.1 Å². The third-order valence-corrected chi connectivity index (χ3v) is 1.71. The molecular weight excluding hydrogens is 154 g/mol. The highest BCUT2D eigenvalue weighted by atomic mass is 16.1. The number of nitrogens with zero attached hydrogens (tertiary/aromatic N) is 2. The largest absolute Gasteiger partial charge is 0.330 e. The minimum atomic E-state index is 0.112. The van der Waals surface area contributed by atoms with Crippen molar-refractivity contribution in [3.8, 4) is 0 Å². The number of Topliss-reactive ketones (excluding diaryl/α,β-unsaturated/α-hetero) is 1. The second-order valence-electron chi connectivity index (χ2n) is 2.66. The van der Waals surface area contributed by atoms with Gasteiger partial charge in [0.25, 0.3) is 0 Å². The van der Waals surface area contributed by atoms with Gasteiger partial charge in [-0.25, -0.2) is 0 Å². The molecule has 1 rings (SSSR count). The van der Waals surface area contributed by atoms with E-state index in [-0.39, 0.29) is 5.78 Å². The smallest absolute Gasteiger partial charge is 0.180 e. The van der Waals surface area contributed by atoms with Gasteiger partial charge in [0.1, 0.15) is 5.69 Å². The van der Waals surface area contributed by atoms with Crippen molar-refractivity contribution in [1.29, 1.82) is 0 Å². The predicted molar refractivity (Wildman–Crippen MR) is 45.8 cm³/mol. The highest BCUT2D eigenvalue weighted by Gasteiger charge is 2.07. The SMILES string of the molecule is Cn1nccc1C(=O)CCCN. The van der Waals surface area contributed by atoms with E-state index >= 15 is 0 Å². The van der Waals surface area contributed by atoms with E-state index in [0.29, 0.717) is 18.7 Å². The first-order valence-corrected chi connectivity index (χ1v) is 3.97. The highest BCUT2D eigenvalue weighted by Crippen LogP contribution is 2.02. The first kappa shape index (κ1) is 8.93. The lowest BCUT2D eigenvalue weighted by atomic mass is 10.2. The lowest BCUT2D eigenvalue weighted by Gasteiger charge is -1.99. The van der Waals surface area contributed by atoms with Crippen molar-refractivity contribution in [3.63, 3.8) is 0 Å². The fourth-order valence-corrected chi connectivity index (χ4v) is 1.04. The topological polar surface area (TPSA) is 60.9 Å². The van der Waals surface area contributed by atoms with Gasteiger partial charge in [-0.3, -0.25) is 9.48 Å². The number of ketones is 1. The highest BCUT2D eigenvalue weighted by molar-refractivity contribution is 5.94. The van der Waals surface area contributed by atoms with Crippen molar-refractivity contribution in [2.24, 2.45) is 12.8 Å². The molecule has 0 aromatic carbocycles. The molecule has 66 valence electrons. The van der Waals surface area contributed by atoms with Gasteiger partial charge >= 0.3 is 0 Å². The third kappa shape index (κ3) is 1.92. The molecule has 0 bridgehead atoms. The van der Waals surface area contributed by atoms with Crippen LogP contribution in [0.4, 0.5) is 0 Å². The predicted octanol–water partition coefficient (Wildman–Crippen LogP) is 0.342. The number of aryl methyl sites for hydroxylation is 1. The lowest BCUT2D eigenvalue weighted by molar-refractivity contribution is 0.0971. The standard InChI is InChI=1S/C8H13N3O/c1-11-7(4-6-10-11)8(12)3-2-5-9/h4,6H,2-3,5,9H2,1H3. The summed E-state index contributed by atoms with van der Waals surface area (Å²) in [6, 6.07) is 1.72. The van der Waals surface area contributed by atoms with Crippen molar-refractivity contribution in [2.75, 3.05) is 6.54 Å². The Morgan fingerprint density at radius 3 is 3.00 bits per heavy atom. The van der Waals surface area contributed by atoms with E-state index in [9.17, 15) is 4.79 Å². The number of nitrogens with two attached hydrogens (primary N) is 1. The van der Waals surface area contributed by atoms with Crippen molar-refractivity contribution in [1.82, 2.24) is 9.78 Å². The summed E-state index contributed by atoms with van der Waals surface area (Å²) >= 11 is 0. The summed E-state index contributed by atoms with van der Waals surface area (Å²) in [5.41, 5.74) is 5.95. The van der Waals surface area contributed by atoms with Crippen LogP contribution in [-0.2, 0) is 7.05 Å². The van der Waals surface area contributed by atoms with Gasteiger partial charge in [0, 0.05) is 19.7 Å². The monoisotopic (exact) mass is 167 g/mol. The Morgan fingerprint density at radius 2 is 2.50 bits per heavy atom. The van der Waals surface area contributed by atoms with Gasteiger partial charge in [-0.15, -0.1) is 0 Å².